The number of carbonyl (C=O) groups excluding carboxylic acids is 1. The van der Waals surface area contributed by atoms with E-state index in [2.05, 4.69) is 22.3 Å². The zero-order chi connectivity index (χ0) is 21.1. The van der Waals surface area contributed by atoms with Crippen molar-refractivity contribution >= 4 is 40.5 Å². The van der Waals surface area contributed by atoms with E-state index in [0.717, 1.165) is 38.2 Å². The minimum Gasteiger partial charge on any atom is -0.398 e. The second-order valence-electron chi connectivity index (χ2n) is 7.55. The van der Waals surface area contributed by atoms with Crippen LogP contribution >= 0.6 is 23.2 Å². The van der Waals surface area contributed by atoms with Gasteiger partial charge in [0.15, 0.2) is 0 Å². The van der Waals surface area contributed by atoms with Crippen LogP contribution in [0, 0.1) is 0 Å². The molecular formula is C24H23Cl2N3O. The molecule has 0 fully saturated rings. The summed E-state index contributed by atoms with van der Waals surface area (Å²) in [7, 11) is 0. The van der Waals surface area contributed by atoms with Crippen molar-refractivity contribution in [2.75, 3.05) is 24.1 Å². The maximum Gasteiger partial charge on any atom is 0.257 e. The van der Waals surface area contributed by atoms with Crippen LogP contribution < -0.4 is 11.1 Å². The van der Waals surface area contributed by atoms with Crippen molar-refractivity contribution in [3.63, 3.8) is 0 Å². The molecule has 1 amide bonds. The molecule has 0 unspecified atom stereocenters. The lowest BCUT2D eigenvalue weighted by atomic mass is 9.99. The predicted molar refractivity (Wildman–Crippen MR) is 124 cm³/mol. The summed E-state index contributed by atoms with van der Waals surface area (Å²) in [5.41, 5.74) is 11.4. The van der Waals surface area contributed by atoms with Gasteiger partial charge in [0.1, 0.15) is 0 Å². The molecule has 0 spiro atoms. The number of para-hydroxylation sites is 1. The maximum atomic E-state index is 12.4. The number of nitrogens with one attached hydrogen (secondary N) is 1. The van der Waals surface area contributed by atoms with Crippen LogP contribution in [-0.4, -0.2) is 23.9 Å². The van der Waals surface area contributed by atoms with Gasteiger partial charge in [0, 0.05) is 31.0 Å². The molecule has 0 atom stereocenters. The van der Waals surface area contributed by atoms with Gasteiger partial charge in [-0.1, -0.05) is 47.5 Å². The Kier molecular flexibility index (Phi) is 6.28. The first-order chi connectivity index (χ1) is 14.5. The molecule has 1 heterocycles. The van der Waals surface area contributed by atoms with Crippen molar-refractivity contribution in [3.05, 3.63) is 93.0 Å². The van der Waals surface area contributed by atoms with Gasteiger partial charge in [0.25, 0.3) is 5.91 Å². The second kappa shape index (κ2) is 9.09. The van der Waals surface area contributed by atoms with Gasteiger partial charge in [-0.05, 0) is 65.9 Å². The van der Waals surface area contributed by atoms with Crippen molar-refractivity contribution in [3.8, 4) is 0 Å². The molecular weight excluding hydrogens is 417 g/mol. The number of nitrogen functional groups attached to an aromatic ring is 1. The fraction of sp³-hybridized carbons (Fsp3) is 0.208. The van der Waals surface area contributed by atoms with Crippen molar-refractivity contribution in [2.45, 2.75) is 19.4 Å². The molecule has 154 valence electrons. The number of hydrogen-bond acceptors (Lipinski definition) is 3. The van der Waals surface area contributed by atoms with Crippen molar-refractivity contribution in [1.82, 2.24) is 4.90 Å². The summed E-state index contributed by atoms with van der Waals surface area (Å²) < 4.78 is 0. The van der Waals surface area contributed by atoms with E-state index in [0.29, 0.717) is 21.3 Å². The minimum atomic E-state index is -0.202. The molecule has 4 rings (SSSR count). The second-order valence-corrected chi connectivity index (χ2v) is 8.36. The van der Waals surface area contributed by atoms with Gasteiger partial charge >= 0.3 is 0 Å². The summed E-state index contributed by atoms with van der Waals surface area (Å²) in [4.78, 5) is 14.8. The van der Waals surface area contributed by atoms with E-state index >= 15 is 0 Å². The minimum absolute atomic E-state index is 0.202. The van der Waals surface area contributed by atoms with Crippen molar-refractivity contribution in [1.29, 1.82) is 0 Å². The zero-order valence-electron chi connectivity index (χ0n) is 16.5. The standard InChI is InChI=1S/C24H23Cl2N3O/c25-21-13-17-10-12-29(15-18(17)14-22(21)26)11-9-16-5-7-19(8-6-16)28-24(30)20-3-1-2-4-23(20)27/h1-8,13-14H,9-12,15,27H2,(H,28,30). The highest BCUT2D eigenvalue weighted by Gasteiger charge is 2.17. The molecule has 6 heteroatoms. The molecule has 0 saturated heterocycles. The molecule has 1 aliphatic heterocycles. The fourth-order valence-electron chi connectivity index (χ4n) is 3.74. The number of halogens is 2. The lowest BCUT2D eigenvalue weighted by molar-refractivity contribution is 0.102. The number of hydrogen-bond donors (Lipinski definition) is 2. The van der Waals surface area contributed by atoms with Crippen LogP contribution in [0.5, 0.6) is 0 Å². The molecule has 3 aromatic carbocycles. The number of benzene rings is 3. The Bertz CT molecular complexity index is 1070. The highest BCUT2D eigenvalue weighted by atomic mass is 35.5. The topological polar surface area (TPSA) is 58.4 Å². The summed E-state index contributed by atoms with van der Waals surface area (Å²) in [6.07, 6.45) is 1.93. The van der Waals surface area contributed by atoms with Gasteiger partial charge in [0.05, 0.1) is 15.6 Å². The largest absolute Gasteiger partial charge is 0.398 e. The number of anilines is 2. The highest BCUT2D eigenvalue weighted by molar-refractivity contribution is 6.42. The van der Waals surface area contributed by atoms with E-state index in [-0.39, 0.29) is 5.91 Å². The number of fused-ring (bicyclic) bond motifs is 1. The van der Waals surface area contributed by atoms with Crippen LogP contribution in [0.1, 0.15) is 27.0 Å². The number of carbonyl (C=O) groups is 1. The van der Waals surface area contributed by atoms with Crippen LogP contribution in [0.4, 0.5) is 11.4 Å². The predicted octanol–water partition coefficient (Wildman–Crippen LogP) is 5.43. The molecule has 0 radical (unpaired) electrons. The van der Waals surface area contributed by atoms with Crippen LogP contribution in [-0.2, 0) is 19.4 Å². The van der Waals surface area contributed by atoms with Gasteiger partial charge in [-0.25, -0.2) is 0 Å². The summed E-state index contributed by atoms with van der Waals surface area (Å²) >= 11 is 12.3. The number of rotatable bonds is 5. The number of nitrogens with zero attached hydrogens (tertiary/aromatic N) is 1. The first-order valence-electron chi connectivity index (χ1n) is 9.93. The molecule has 3 aromatic rings. The van der Waals surface area contributed by atoms with E-state index in [1.54, 1.807) is 18.2 Å². The Morgan fingerprint density at radius 1 is 1.00 bits per heavy atom. The third kappa shape index (κ3) is 4.78. The molecule has 0 aromatic heterocycles. The molecule has 0 saturated carbocycles. The van der Waals surface area contributed by atoms with Crippen LogP contribution in [0.25, 0.3) is 0 Å². The molecule has 3 N–H and O–H groups in total. The smallest absolute Gasteiger partial charge is 0.257 e. The van der Waals surface area contributed by atoms with Crippen LogP contribution in [0.2, 0.25) is 10.0 Å². The van der Waals surface area contributed by atoms with Crippen LogP contribution in [0.15, 0.2) is 60.7 Å². The SMILES string of the molecule is Nc1ccccc1C(=O)Nc1ccc(CCN2CCc3cc(Cl)c(Cl)cc3C2)cc1. The summed E-state index contributed by atoms with van der Waals surface area (Å²) in [5.74, 6) is -0.202. The molecule has 1 aliphatic rings. The first kappa shape index (κ1) is 20.7. The monoisotopic (exact) mass is 439 g/mol. The fourth-order valence-corrected chi connectivity index (χ4v) is 4.12. The third-order valence-electron chi connectivity index (χ3n) is 5.47. The average molecular weight is 440 g/mol. The number of nitrogens with two attached hydrogens (primary N) is 1. The van der Waals surface area contributed by atoms with Gasteiger partial charge in [-0.15, -0.1) is 0 Å². The molecule has 30 heavy (non-hydrogen) atoms. The van der Waals surface area contributed by atoms with E-state index in [9.17, 15) is 4.79 Å². The quantitative estimate of drug-likeness (QED) is 0.521. The Hall–Kier alpha value is -2.53. The van der Waals surface area contributed by atoms with E-state index in [4.69, 9.17) is 28.9 Å². The average Bonchev–Trinajstić information content (AvgIpc) is 2.74. The summed E-state index contributed by atoms with van der Waals surface area (Å²) in [5, 5.41) is 4.15. The molecule has 4 nitrogen and oxygen atoms in total. The Morgan fingerprint density at radius 2 is 1.70 bits per heavy atom. The lowest BCUT2D eigenvalue weighted by Gasteiger charge is -2.29. The normalized spacial score (nSPS) is 13.7. The van der Waals surface area contributed by atoms with Gasteiger partial charge in [-0.3, -0.25) is 9.69 Å². The zero-order valence-corrected chi connectivity index (χ0v) is 18.0. The Labute approximate surface area is 186 Å². The number of amides is 1. The Balaban J connectivity index is 1.32. The summed E-state index contributed by atoms with van der Waals surface area (Å²) in [6, 6.07) is 19.0. The van der Waals surface area contributed by atoms with E-state index < -0.39 is 0 Å². The van der Waals surface area contributed by atoms with Gasteiger partial charge in [-0.2, -0.15) is 0 Å². The molecule has 0 aliphatic carbocycles. The van der Waals surface area contributed by atoms with E-state index in [1.807, 2.05) is 30.3 Å². The van der Waals surface area contributed by atoms with Crippen molar-refractivity contribution < 1.29 is 4.79 Å². The lowest BCUT2D eigenvalue weighted by Crippen LogP contribution is -2.32. The van der Waals surface area contributed by atoms with Gasteiger partial charge < -0.3 is 11.1 Å². The summed E-state index contributed by atoms with van der Waals surface area (Å²) in [6.45, 7) is 2.86. The van der Waals surface area contributed by atoms with Crippen LogP contribution in [0.3, 0.4) is 0 Å². The third-order valence-corrected chi connectivity index (χ3v) is 6.19. The maximum absolute atomic E-state index is 12.4. The highest BCUT2D eigenvalue weighted by Crippen LogP contribution is 2.29. The Morgan fingerprint density at radius 3 is 2.43 bits per heavy atom. The first-order valence-corrected chi connectivity index (χ1v) is 10.7. The van der Waals surface area contributed by atoms with Crippen molar-refractivity contribution in [2.24, 2.45) is 0 Å². The molecule has 0 bridgehead atoms. The van der Waals surface area contributed by atoms with Gasteiger partial charge in [0.2, 0.25) is 0 Å². The van der Waals surface area contributed by atoms with E-state index in [1.165, 1.54) is 16.7 Å².